The summed E-state index contributed by atoms with van der Waals surface area (Å²) in [6, 6.07) is 15.9. The van der Waals surface area contributed by atoms with E-state index in [1.54, 1.807) is 41.3 Å². The van der Waals surface area contributed by atoms with Crippen LogP contribution in [0, 0.1) is 0 Å². The molecule has 3 aromatic rings. The highest BCUT2D eigenvalue weighted by atomic mass is 32.2. The number of carbonyl (C=O) groups excluding carboxylic acids is 1. The van der Waals surface area contributed by atoms with Crippen LogP contribution in [0.5, 0.6) is 11.5 Å². The van der Waals surface area contributed by atoms with Gasteiger partial charge in [0.1, 0.15) is 16.4 Å². The first-order valence-electron chi connectivity index (χ1n) is 10.6. The van der Waals surface area contributed by atoms with Crippen molar-refractivity contribution in [2.45, 2.75) is 37.5 Å². The van der Waals surface area contributed by atoms with Gasteiger partial charge in [0.05, 0.1) is 12.7 Å². The largest absolute Gasteiger partial charge is 0.497 e. The third-order valence-corrected chi connectivity index (χ3v) is 6.38. The average molecular weight is 508 g/mol. The Hall–Kier alpha value is -3.53. The van der Waals surface area contributed by atoms with Crippen LogP contribution < -0.4 is 8.92 Å². The molecular formula is C25H24F3NO5S. The Kier molecular flexibility index (Phi) is 7.74. The van der Waals surface area contributed by atoms with Crippen LogP contribution >= 0.6 is 0 Å². The summed E-state index contributed by atoms with van der Waals surface area (Å²) in [7, 11) is -2.96. The number of benzene rings is 3. The zero-order chi connectivity index (χ0) is 25.8. The number of alkyl halides is 3. The maximum absolute atomic E-state index is 13.1. The van der Waals surface area contributed by atoms with Gasteiger partial charge in [-0.05, 0) is 67.9 Å². The molecule has 0 unspecified atom stereocenters. The molecule has 1 amide bonds. The van der Waals surface area contributed by atoms with Crippen molar-refractivity contribution in [3.8, 4) is 11.5 Å². The third-order valence-electron chi connectivity index (χ3n) is 5.13. The summed E-state index contributed by atoms with van der Waals surface area (Å²) in [4.78, 5) is 14.1. The molecule has 6 nitrogen and oxygen atoms in total. The van der Waals surface area contributed by atoms with Crippen LogP contribution in [0.3, 0.4) is 0 Å². The van der Waals surface area contributed by atoms with Crippen LogP contribution in [-0.2, 0) is 22.8 Å². The molecule has 0 aliphatic heterocycles. The Morgan fingerprint density at radius 1 is 0.943 bits per heavy atom. The standard InChI is InChI=1S/C25H24F3NO5S/c1-17(2)29(24(30)19-6-4-8-22(14-19)33-3)16-18-10-12-21(13-11-18)34-35(31,32)23-9-5-7-20(15-23)25(26,27)28/h4-15,17H,16H2,1-3H3. The normalized spacial score (nSPS) is 11.9. The zero-order valence-electron chi connectivity index (χ0n) is 19.2. The summed E-state index contributed by atoms with van der Waals surface area (Å²) in [6.07, 6.45) is -4.68. The first-order chi connectivity index (χ1) is 16.4. The second-order valence-corrected chi connectivity index (χ2v) is 9.51. The van der Waals surface area contributed by atoms with Crippen molar-refractivity contribution >= 4 is 16.0 Å². The highest BCUT2D eigenvalue weighted by molar-refractivity contribution is 7.87. The summed E-state index contributed by atoms with van der Waals surface area (Å²) >= 11 is 0. The quantitative estimate of drug-likeness (QED) is 0.375. The second kappa shape index (κ2) is 10.4. The highest BCUT2D eigenvalue weighted by Gasteiger charge is 2.32. The monoisotopic (exact) mass is 507 g/mol. The third kappa shape index (κ3) is 6.54. The Labute approximate surface area is 202 Å². The van der Waals surface area contributed by atoms with E-state index in [0.717, 1.165) is 18.2 Å². The lowest BCUT2D eigenvalue weighted by atomic mass is 10.1. The van der Waals surface area contributed by atoms with E-state index in [9.17, 15) is 26.4 Å². The fourth-order valence-electron chi connectivity index (χ4n) is 3.26. The van der Waals surface area contributed by atoms with Gasteiger partial charge >= 0.3 is 16.3 Å². The van der Waals surface area contributed by atoms with Gasteiger partial charge in [0.25, 0.3) is 5.91 Å². The number of carbonyl (C=O) groups is 1. The van der Waals surface area contributed by atoms with Crippen molar-refractivity contribution in [1.29, 1.82) is 0 Å². The molecule has 0 saturated heterocycles. The smallest absolute Gasteiger partial charge is 0.416 e. The topological polar surface area (TPSA) is 72.9 Å². The Morgan fingerprint density at radius 2 is 1.60 bits per heavy atom. The van der Waals surface area contributed by atoms with Crippen LogP contribution in [0.25, 0.3) is 0 Å². The summed E-state index contributed by atoms with van der Waals surface area (Å²) in [5.41, 5.74) is 0.0796. The maximum Gasteiger partial charge on any atom is 0.416 e. The van der Waals surface area contributed by atoms with Gasteiger partial charge in [0.2, 0.25) is 0 Å². The summed E-state index contributed by atoms with van der Waals surface area (Å²) in [5, 5.41) is 0. The molecular weight excluding hydrogens is 483 g/mol. The molecule has 0 aromatic heterocycles. The van der Waals surface area contributed by atoms with Crippen LogP contribution in [0.1, 0.15) is 35.3 Å². The van der Waals surface area contributed by atoms with Crippen molar-refractivity contribution in [3.63, 3.8) is 0 Å². The SMILES string of the molecule is COc1cccc(C(=O)N(Cc2ccc(OS(=O)(=O)c3cccc(C(F)(F)F)c3)cc2)C(C)C)c1. The predicted octanol–water partition coefficient (Wildman–Crippen LogP) is 5.53. The molecule has 3 rings (SSSR count). The fourth-order valence-corrected chi connectivity index (χ4v) is 4.24. The van der Waals surface area contributed by atoms with E-state index in [0.29, 0.717) is 22.9 Å². The number of ether oxygens (including phenoxy) is 1. The van der Waals surface area contributed by atoms with E-state index in [1.807, 2.05) is 13.8 Å². The number of methoxy groups -OCH3 is 1. The molecule has 0 aliphatic carbocycles. The van der Waals surface area contributed by atoms with Crippen LogP contribution in [0.15, 0.2) is 77.7 Å². The van der Waals surface area contributed by atoms with Crippen molar-refractivity contribution in [1.82, 2.24) is 4.90 Å². The van der Waals surface area contributed by atoms with Crippen LogP contribution in [0.2, 0.25) is 0 Å². The lowest BCUT2D eigenvalue weighted by Crippen LogP contribution is -2.36. The Bertz CT molecular complexity index is 1290. The van der Waals surface area contributed by atoms with Crippen LogP contribution in [0.4, 0.5) is 13.2 Å². The average Bonchev–Trinajstić information content (AvgIpc) is 2.82. The minimum Gasteiger partial charge on any atom is -0.497 e. The molecule has 3 aromatic carbocycles. The molecule has 0 aliphatic rings. The molecule has 35 heavy (non-hydrogen) atoms. The first kappa shape index (κ1) is 26.1. The summed E-state index contributed by atoms with van der Waals surface area (Å²) < 4.78 is 73.9. The van der Waals surface area contributed by atoms with Gasteiger partial charge in [0.15, 0.2) is 0 Å². The van der Waals surface area contributed by atoms with Crippen LogP contribution in [-0.4, -0.2) is 32.4 Å². The molecule has 0 fully saturated rings. The van der Waals surface area contributed by atoms with E-state index in [4.69, 9.17) is 8.92 Å². The predicted molar refractivity (Wildman–Crippen MR) is 124 cm³/mol. The molecule has 0 radical (unpaired) electrons. The number of hydrogen-bond acceptors (Lipinski definition) is 5. The number of hydrogen-bond donors (Lipinski definition) is 0. The van der Waals surface area contributed by atoms with E-state index >= 15 is 0 Å². The van der Waals surface area contributed by atoms with Crippen molar-refractivity contribution in [3.05, 3.63) is 89.5 Å². The lowest BCUT2D eigenvalue weighted by Gasteiger charge is -2.27. The number of nitrogens with zero attached hydrogens (tertiary/aromatic N) is 1. The van der Waals surface area contributed by atoms with Crippen molar-refractivity contribution in [2.24, 2.45) is 0 Å². The van der Waals surface area contributed by atoms with E-state index in [-0.39, 0.29) is 24.2 Å². The van der Waals surface area contributed by atoms with Gasteiger partial charge in [-0.1, -0.05) is 24.3 Å². The molecule has 10 heteroatoms. The molecule has 0 spiro atoms. The fraction of sp³-hybridized carbons (Fsp3) is 0.240. The number of amides is 1. The number of rotatable bonds is 8. The van der Waals surface area contributed by atoms with E-state index < -0.39 is 26.8 Å². The maximum atomic E-state index is 13.1. The first-order valence-corrected chi connectivity index (χ1v) is 12.0. The summed E-state index contributed by atoms with van der Waals surface area (Å²) in [5.74, 6) is 0.288. The van der Waals surface area contributed by atoms with Gasteiger partial charge in [-0.2, -0.15) is 21.6 Å². The molecule has 0 N–H and O–H groups in total. The second-order valence-electron chi connectivity index (χ2n) is 7.97. The summed E-state index contributed by atoms with van der Waals surface area (Å²) in [6.45, 7) is 3.99. The zero-order valence-corrected chi connectivity index (χ0v) is 20.1. The van der Waals surface area contributed by atoms with Crippen molar-refractivity contribution < 1.29 is 35.3 Å². The molecule has 0 saturated carbocycles. The molecule has 0 atom stereocenters. The Morgan fingerprint density at radius 3 is 2.20 bits per heavy atom. The van der Waals surface area contributed by atoms with E-state index in [2.05, 4.69) is 0 Å². The minimum atomic E-state index is -4.68. The Balaban J connectivity index is 1.76. The van der Waals surface area contributed by atoms with Gasteiger partial charge < -0.3 is 13.8 Å². The lowest BCUT2D eigenvalue weighted by molar-refractivity contribution is -0.137. The highest BCUT2D eigenvalue weighted by Crippen LogP contribution is 2.31. The van der Waals surface area contributed by atoms with Gasteiger partial charge in [0, 0.05) is 18.2 Å². The van der Waals surface area contributed by atoms with Crippen molar-refractivity contribution in [2.75, 3.05) is 7.11 Å². The molecule has 186 valence electrons. The minimum absolute atomic E-state index is 0.0682. The van der Waals surface area contributed by atoms with Gasteiger partial charge in [-0.15, -0.1) is 0 Å². The number of halogens is 3. The molecule has 0 heterocycles. The van der Waals surface area contributed by atoms with E-state index in [1.165, 1.54) is 19.2 Å². The molecule has 0 bridgehead atoms. The van der Waals surface area contributed by atoms with Gasteiger partial charge in [-0.25, -0.2) is 0 Å². The van der Waals surface area contributed by atoms with Gasteiger partial charge in [-0.3, -0.25) is 4.79 Å².